The summed E-state index contributed by atoms with van der Waals surface area (Å²) in [4.78, 5) is 27.1. The van der Waals surface area contributed by atoms with Gasteiger partial charge < -0.3 is 9.80 Å². The van der Waals surface area contributed by atoms with Gasteiger partial charge in [-0.25, -0.2) is 4.39 Å². The molecule has 1 saturated heterocycles. The number of benzene rings is 1. The van der Waals surface area contributed by atoms with E-state index in [0.717, 1.165) is 6.42 Å². The van der Waals surface area contributed by atoms with Gasteiger partial charge in [-0.3, -0.25) is 9.59 Å². The zero-order valence-corrected chi connectivity index (χ0v) is 13.4. The predicted octanol–water partition coefficient (Wildman–Crippen LogP) is 2.87. The lowest BCUT2D eigenvalue weighted by atomic mass is 10.1. The summed E-state index contributed by atoms with van der Waals surface area (Å²) in [5, 5.41) is 0. The van der Waals surface area contributed by atoms with Crippen molar-refractivity contribution >= 4 is 17.4 Å². The molecule has 0 spiro atoms. The summed E-state index contributed by atoms with van der Waals surface area (Å²) in [6.45, 7) is 7.22. The highest BCUT2D eigenvalue weighted by Gasteiger charge is 2.28. The number of anilines is 1. The number of Topliss-reactive ketones (excluding diaryl/α,β-unsaturated/α-hetero) is 1. The second-order valence-electron chi connectivity index (χ2n) is 5.85. The number of hydrogen-bond donors (Lipinski definition) is 0. The second-order valence-corrected chi connectivity index (χ2v) is 5.85. The van der Waals surface area contributed by atoms with Gasteiger partial charge in [0, 0.05) is 37.7 Å². The fourth-order valence-corrected chi connectivity index (χ4v) is 2.89. The van der Waals surface area contributed by atoms with Crippen LogP contribution in [-0.2, 0) is 4.79 Å². The van der Waals surface area contributed by atoms with E-state index in [1.807, 2.05) is 23.6 Å². The molecule has 4 nitrogen and oxygen atoms in total. The number of carbonyl (C=O) groups is 2. The van der Waals surface area contributed by atoms with E-state index in [4.69, 9.17) is 0 Å². The van der Waals surface area contributed by atoms with E-state index >= 15 is 0 Å². The van der Waals surface area contributed by atoms with Gasteiger partial charge in [0.05, 0.1) is 5.69 Å². The Morgan fingerprint density at radius 3 is 2.59 bits per heavy atom. The number of carbonyl (C=O) groups excluding carboxylic acids is 2. The molecule has 1 amide bonds. The van der Waals surface area contributed by atoms with Crippen LogP contribution >= 0.6 is 0 Å². The normalized spacial score (nSPS) is 18.5. The first-order chi connectivity index (χ1) is 10.4. The molecule has 0 aliphatic carbocycles. The van der Waals surface area contributed by atoms with Gasteiger partial charge in [-0.15, -0.1) is 0 Å². The molecule has 1 atom stereocenters. The molecule has 0 aromatic heterocycles. The molecule has 1 aliphatic rings. The minimum atomic E-state index is -0.381. The zero-order chi connectivity index (χ0) is 16.3. The van der Waals surface area contributed by atoms with Gasteiger partial charge in [-0.05, 0) is 38.5 Å². The van der Waals surface area contributed by atoms with E-state index in [0.29, 0.717) is 37.3 Å². The SMILES string of the molecule is CCCC(=O)N1CCN(c2ccc(C(C)=O)cc2F)CC1C. The molecule has 0 bridgehead atoms. The van der Waals surface area contributed by atoms with Crippen LogP contribution in [0.15, 0.2) is 18.2 Å². The molecular formula is C17H23FN2O2. The molecule has 120 valence electrons. The molecule has 1 fully saturated rings. The van der Waals surface area contributed by atoms with E-state index in [2.05, 4.69) is 0 Å². The predicted molar refractivity (Wildman–Crippen MR) is 84.7 cm³/mol. The van der Waals surface area contributed by atoms with Gasteiger partial charge in [0.15, 0.2) is 5.78 Å². The van der Waals surface area contributed by atoms with Crippen LogP contribution in [0.4, 0.5) is 10.1 Å². The average molecular weight is 306 g/mol. The smallest absolute Gasteiger partial charge is 0.222 e. The van der Waals surface area contributed by atoms with E-state index in [9.17, 15) is 14.0 Å². The first-order valence-electron chi connectivity index (χ1n) is 7.79. The summed E-state index contributed by atoms with van der Waals surface area (Å²) >= 11 is 0. The van der Waals surface area contributed by atoms with Crippen LogP contribution in [0.1, 0.15) is 44.0 Å². The molecule has 2 rings (SSSR count). The van der Waals surface area contributed by atoms with Crippen LogP contribution in [0.2, 0.25) is 0 Å². The van der Waals surface area contributed by atoms with Crippen molar-refractivity contribution in [2.24, 2.45) is 0 Å². The first-order valence-corrected chi connectivity index (χ1v) is 7.79. The lowest BCUT2D eigenvalue weighted by Crippen LogP contribution is -2.54. The monoisotopic (exact) mass is 306 g/mol. The molecule has 22 heavy (non-hydrogen) atoms. The Hall–Kier alpha value is -1.91. The van der Waals surface area contributed by atoms with Gasteiger partial charge in [0.25, 0.3) is 0 Å². The molecule has 1 aliphatic heterocycles. The van der Waals surface area contributed by atoms with Crippen molar-refractivity contribution < 1.29 is 14.0 Å². The molecule has 1 unspecified atom stereocenters. The minimum absolute atomic E-state index is 0.0553. The Kier molecular flexibility index (Phi) is 5.16. The Morgan fingerprint density at radius 2 is 2.05 bits per heavy atom. The quantitative estimate of drug-likeness (QED) is 0.803. The number of ketones is 1. The van der Waals surface area contributed by atoms with Gasteiger partial charge in [0.1, 0.15) is 5.82 Å². The van der Waals surface area contributed by atoms with Crippen molar-refractivity contribution in [1.29, 1.82) is 0 Å². The van der Waals surface area contributed by atoms with Crippen LogP contribution in [0.25, 0.3) is 0 Å². The van der Waals surface area contributed by atoms with E-state index in [1.54, 1.807) is 12.1 Å². The van der Waals surface area contributed by atoms with Crippen molar-refractivity contribution in [2.75, 3.05) is 24.5 Å². The van der Waals surface area contributed by atoms with E-state index in [-0.39, 0.29) is 23.5 Å². The average Bonchev–Trinajstić information content (AvgIpc) is 2.47. The van der Waals surface area contributed by atoms with Crippen molar-refractivity contribution in [3.05, 3.63) is 29.6 Å². The molecule has 1 aromatic carbocycles. The van der Waals surface area contributed by atoms with Crippen molar-refractivity contribution in [3.63, 3.8) is 0 Å². The number of hydrogen-bond acceptors (Lipinski definition) is 3. The highest BCUT2D eigenvalue weighted by Crippen LogP contribution is 2.24. The van der Waals surface area contributed by atoms with Gasteiger partial charge in [-0.1, -0.05) is 6.92 Å². The van der Waals surface area contributed by atoms with E-state index < -0.39 is 0 Å². The number of nitrogens with zero attached hydrogens (tertiary/aromatic N) is 2. The van der Waals surface area contributed by atoms with Crippen LogP contribution in [0.3, 0.4) is 0 Å². The Balaban J connectivity index is 2.10. The van der Waals surface area contributed by atoms with Crippen LogP contribution in [-0.4, -0.2) is 42.3 Å². The second kappa shape index (κ2) is 6.90. The number of piperazine rings is 1. The summed E-state index contributed by atoms with van der Waals surface area (Å²) in [7, 11) is 0. The Bertz CT molecular complexity index is 574. The van der Waals surface area contributed by atoms with Crippen LogP contribution < -0.4 is 4.90 Å². The summed E-state index contributed by atoms with van der Waals surface area (Å²) in [5.74, 6) is -0.357. The third-order valence-electron chi connectivity index (χ3n) is 4.11. The van der Waals surface area contributed by atoms with Crippen LogP contribution in [0.5, 0.6) is 0 Å². The molecule has 0 saturated carbocycles. The summed E-state index contributed by atoms with van der Waals surface area (Å²) in [6.07, 6.45) is 1.40. The zero-order valence-electron chi connectivity index (χ0n) is 13.4. The van der Waals surface area contributed by atoms with Gasteiger partial charge in [-0.2, -0.15) is 0 Å². The topological polar surface area (TPSA) is 40.6 Å². The van der Waals surface area contributed by atoms with Crippen molar-refractivity contribution in [2.45, 2.75) is 39.7 Å². The molecule has 0 radical (unpaired) electrons. The molecule has 1 heterocycles. The third kappa shape index (κ3) is 3.46. The summed E-state index contributed by atoms with van der Waals surface area (Å²) in [5.41, 5.74) is 0.880. The summed E-state index contributed by atoms with van der Waals surface area (Å²) in [6, 6.07) is 4.65. The highest BCUT2D eigenvalue weighted by atomic mass is 19.1. The van der Waals surface area contributed by atoms with Crippen LogP contribution in [0, 0.1) is 5.82 Å². The molecule has 1 aromatic rings. The standard InChI is InChI=1S/C17H23FN2O2/c1-4-5-17(22)20-9-8-19(11-12(20)2)16-7-6-14(13(3)21)10-15(16)18/h6-7,10,12H,4-5,8-9,11H2,1-3H3. The van der Waals surface area contributed by atoms with Crippen molar-refractivity contribution in [3.8, 4) is 0 Å². The summed E-state index contributed by atoms with van der Waals surface area (Å²) < 4.78 is 14.2. The molecule has 5 heteroatoms. The van der Waals surface area contributed by atoms with Gasteiger partial charge >= 0.3 is 0 Å². The Labute approximate surface area is 130 Å². The number of halogens is 1. The maximum atomic E-state index is 14.2. The minimum Gasteiger partial charge on any atom is -0.365 e. The number of rotatable bonds is 4. The lowest BCUT2D eigenvalue weighted by Gasteiger charge is -2.41. The molecule has 0 N–H and O–H groups in total. The third-order valence-corrected chi connectivity index (χ3v) is 4.11. The van der Waals surface area contributed by atoms with Gasteiger partial charge in [0.2, 0.25) is 5.91 Å². The number of amides is 1. The fraction of sp³-hybridized carbons (Fsp3) is 0.529. The highest BCUT2D eigenvalue weighted by molar-refractivity contribution is 5.94. The van der Waals surface area contributed by atoms with Crippen molar-refractivity contribution in [1.82, 2.24) is 4.90 Å². The maximum absolute atomic E-state index is 14.2. The fourth-order valence-electron chi connectivity index (χ4n) is 2.89. The largest absolute Gasteiger partial charge is 0.365 e. The maximum Gasteiger partial charge on any atom is 0.222 e. The molecular weight excluding hydrogens is 283 g/mol. The first kappa shape index (κ1) is 16.5. The van der Waals surface area contributed by atoms with E-state index in [1.165, 1.54) is 13.0 Å². The lowest BCUT2D eigenvalue weighted by molar-refractivity contribution is -0.133. The Morgan fingerprint density at radius 1 is 1.32 bits per heavy atom.